The van der Waals surface area contributed by atoms with Crippen molar-refractivity contribution in [1.29, 1.82) is 0 Å². The fourth-order valence-electron chi connectivity index (χ4n) is 3.11. The summed E-state index contributed by atoms with van der Waals surface area (Å²) < 4.78 is 0. The Bertz CT molecular complexity index is 280. The summed E-state index contributed by atoms with van der Waals surface area (Å²) in [5, 5.41) is 3.53. The first-order valence-electron chi connectivity index (χ1n) is 6.73. The van der Waals surface area contributed by atoms with E-state index in [-0.39, 0.29) is 5.92 Å². The number of rotatable bonds is 5. The summed E-state index contributed by atoms with van der Waals surface area (Å²) in [5.41, 5.74) is 0. The van der Waals surface area contributed by atoms with Gasteiger partial charge in [-0.2, -0.15) is 0 Å². The van der Waals surface area contributed by atoms with Crippen molar-refractivity contribution < 1.29 is 4.79 Å². The monoisotopic (exact) mass is 239 g/mol. The number of nitrogens with zero attached hydrogens (tertiary/aromatic N) is 2. The van der Waals surface area contributed by atoms with Crippen molar-refractivity contribution in [2.24, 2.45) is 5.92 Å². The van der Waals surface area contributed by atoms with Crippen molar-refractivity contribution in [2.75, 3.05) is 34.2 Å². The molecular formula is C13H25N3O. The molecule has 2 rings (SSSR count). The maximum atomic E-state index is 12.3. The molecular weight excluding hydrogens is 214 g/mol. The largest absolute Gasteiger partial charge is 0.345 e. The summed E-state index contributed by atoms with van der Waals surface area (Å²) in [7, 11) is 6.09. The minimum Gasteiger partial charge on any atom is -0.345 e. The zero-order chi connectivity index (χ0) is 12.4. The zero-order valence-electron chi connectivity index (χ0n) is 11.3. The molecule has 1 amide bonds. The molecule has 0 aliphatic carbocycles. The van der Waals surface area contributed by atoms with E-state index in [9.17, 15) is 4.79 Å². The van der Waals surface area contributed by atoms with E-state index >= 15 is 0 Å². The van der Waals surface area contributed by atoms with Crippen LogP contribution in [0.25, 0.3) is 0 Å². The third-order valence-corrected chi connectivity index (χ3v) is 4.09. The van der Waals surface area contributed by atoms with Gasteiger partial charge in [-0.25, -0.2) is 0 Å². The van der Waals surface area contributed by atoms with Crippen LogP contribution in [-0.4, -0.2) is 62.0 Å². The Hall–Kier alpha value is -0.610. The Morgan fingerprint density at radius 3 is 2.53 bits per heavy atom. The molecule has 98 valence electrons. The second-order valence-electron chi connectivity index (χ2n) is 5.81. The molecule has 0 saturated carbocycles. The average molecular weight is 239 g/mol. The second kappa shape index (κ2) is 5.36. The van der Waals surface area contributed by atoms with Crippen LogP contribution in [-0.2, 0) is 4.79 Å². The normalized spacial score (nSPS) is 31.2. The van der Waals surface area contributed by atoms with Crippen molar-refractivity contribution >= 4 is 5.91 Å². The maximum absolute atomic E-state index is 12.3. The van der Waals surface area contributed by atoms with Gasteiger partial charge in [0.15, 0.2) is 0 Å². The van der Waals surface area contributed by atoms with Gasteiger partial charge in [-0.05, 0) is 46.3 Å². The number of carbonyl (C=O) groups excluding carboxylic acids is 1. The lowest BCUT2D eigenvalue weighted by Crippen LogP contribution is -2.39. The molecule has 0 aromatic carbocycles. The summed E-state index contributed by atoms with van der Waals surface area (Å²) in [4.78, 5) is 16.4. The van der Waals surface area contributed by atoms with Gasteiger partial charge in [0.1, 0.15) is 0 Å². The van der Waals surface area contributed by atoms with Crippen molar-refractivity contribution in [3.05, 3.63) is 0 Å². The predicted molar refractivity (Wildman–Crippen MR) is 68.9 cm³/mol. The Balaban J connectivity index is 1.75. The van der Waals surface area contributed by atoms with E-state index in [4.69, 9.17) is 0 Å². The fourth-order valence-corrected chi connectivity index (χ4v) is 3.11. The number of hydrogen-bond donors (Lipinski definition) is 1. The van der Waals surface area contributed by atoms with Crippen molar-refractivity contribution in [3.8, 4) is 0 Å². The molecule has 3 unspecified atom stereocenters. The minimum atomic E-state index is 0.248. The highest BCUT2D eigenvalue weighted by Crippen LogP contribution is 2.34. The zero-order valence-corrected chi connectivity index (χ0v) is 11.3. The molecule has 2 heterocycles. The quantitative estimate of drug-likeness (QED) is 0.760. The second-order valence-corrected chi connectivity index (χ2v) is 5.81. The SMILES string of the molecule is CN(C)CCCN(C)C(=O)C1CC2CCC1N2. The number of amides is 1. The van der Waals surface area contributed by atoms with Crippen LogP contribution >= 0.6 is 0 Å². The molecule has 1 N–H and O–H groups in total. The Morgan fingerprint density at radius 1 is 1.24 bits per heavy atom. The third-order valence-electron chi connectivity index (χ3n) is 4.09. The number of hydrogen-bond acceptors (Lipinski definition) is 3. The van der Waals surface area contributed by atoms with Crippen LogP contribution in [0.2, 0.25) is 0 Å². The highest BCUT2D eigenvalue weighted by atomic mass is 16.2. The lowest BCUT2D eigenvalue weighted by molar-refractivity contribution is -0.134. The van der Waals surface area contributed by atoms with Crippen molar-refractivity contribution in [1.82, 2.24) is 15.1 Å². The van der Waals surface area contributed by atoms with E-state index in [0.29, 0.717) is 18.0 Å². The summed E-state index contributed by atoms with van der Waals surface area (Å²) in [6.45, 7) is 1.93. The predicted octanol–water partition coefficient (Wildman–Crippen LogP) is 0.537. The lowest BCUT2D eigenvalue weighted by atomic mass is 9.88. The first-order chi connectivity index (χ1) is 8.08. The highest BCUT2D eigenvalue weighted by molar-refractivity contribution is 5.80. The Labute approximate surface area is 104 Å². The standard InChI is InChI=1S/C13H25N3O/c1-15(2)7-4-8-16(3)13(17)11-9-10-5-6-12(11)14-10/h10-12,14H,4-9H2,1-3H3. The first-order valence-corrected chi connectivity index (χ1v) is 6.73. The van der Waals surface area contributed by atoms with Crippen LogP contribution in [0.4, 0.5) is 0 Å². The molecule has 4 nitrogen and oxygen atoms in total. The van der Waals surface area contributed by atoms with E-state index in [2.05, 4.69) is 24.3 Å². The lowest BCUT2D eigenvalue weighted by Gasteiger charge is -2.26. The van der Waals surface area contributed by atoms with Gasteiger partial charge in [-0.1, -0.05) is 0 Å². The molecule has 3 atom stereocenters. The summed E-state index contributed by atoms with van der Waals surface area (Å²) in [6, 6.07) is 1.08. The molecule has 2 aliphatic rings. The van der Waals surface area contributed by atoms with Crippen LogP contribution in [0.1, 0.15) is 25.7 Å². The average Bonchev–Trinajstić information content (AvgIpc) is 2.88. The molecule has 0 spiro atoms. The van der Waals surface area contributed by atoms with Crippen LogP contribution < -0.4 is 5.32 Å². The maximum Gasteiger partial charge on any atom is 0.227 e. The Morgan fingerprint density at radius 2 is 2.00 bits per heavy atom. The molecule has 2 bridgehead atoms. The van der Waals surface area contributed by atoms with E-state index < -0.39 is 0 Å². The molecule has 2 aliphatic heterocycles. The van der Waals surface area contributed by atoms with E-state index in [1.54, 1.807) is 0 Å². The summed E-state index contributed by atoms with van der Waals surface area (Å²) >= 11 is 0. The molecule has 0 aromatic heterocycles. The highest BCUT2D eigenvalue weighted by Gasteiger charge is 2.43. The molecule has 0 aromatic rings. The van der Waals surface area contributed by atoms with Gasteiger partial charge in [-0.3, -0.25) is 4.79 Å². The van der Waals surface area contributed by atoms with Gasteiger partial charge in [0.25, 0.3) is 0 Å². The topological polar surface area (TPSA) is 35.6 Å². The van der Waals surface area contributed by atoms with Crippen LogP contribution in [0.5, 0.6) is 0 Å². The minimum absolute atomic E-state index is 0.248. The van der Waals surface area contributed by atoms with Gasteiger partial charge in [0.2, 0.25) is 5.91 Å². The number of fused-ring (bicyclic) bond motifs is 2. The van der Waals surface area contributed by atoms with Gasteiger partial charge in [-0.15, -0.1) is 0 Å². The number of nitrogens with one attached hydrogen (secondary N) is 1. The number of carbonyl (C=O) groups is 1. The summed E-state index contributed by atoms with van der Waals surface area (Å²) in [5.74, 6) is 0.599. The van der Waals surface area contributed by atoms with Crippen LogP contribution in [0.3, 0.4) is 0 Å². The fraction of sp³-hybridized carbons (Fsp3) is 0.923. The van der Waals surface area contributed by atoms with Crippen molar-refractivity contribution in [3.63, 3.8) is 0 Å². The van der Waals surface area contributed by atoms with E-state index in [0.717, 1.165) is 25.9 Å². The molecule has 2 saturated heterocycles. The van der Waals surface area contributed by atoms with Gasteiger partial charge in [0.05, 0.1) is 5.92 Å². The third kappa shape index (κ3) is 2.99. The van der Waals surface area contributed by atoms with Gasteiger partial charge < -0.3 is 15.1 Å². The van der Waals surface area contributed by atoms with E-state index in [1.165, 1.54) is 12.8 Å². The summed E-state index contributed by atoms with van der Waals surface area (Å²) in [6.07, 6.45) is 4.57. The molecule has 17 heavy (non-hydrogen) atoms. The molecule has 2 fully saturated rings. The Kier molecular flexibility index (Phi) is 4.05. The molecule has 4 heteroatoms. The molecule has 0 radical (unpaired) electrons. The van der Waals surface area contributed by atoms with Gasteiger partial charge >= 0.3 is 0 Å². The van der Waals surface area contributed by atoms with Gasteiger partial charge in [0, 0.05) is 25.7 Å². The smallest absolute Gasteiger partial charge is 0.227 e. The van der Waals surface area contributed by atoms with E-state index in [1.807, 2.05) is 11.9 Å². The van der Waals surface area contributed by atoms with Crippen molar-refractivity contribution in [2.45, 2.75) is 37.8 Å². The first kappa shape index (κ1) is 12.8. The van der Waals surface area contributed by atoms with Crippen LogP contribution in [0, 0.1) is 5.92 Å². The van der Waals surface area contributed by atoms with Crippen LogP contribution in [0.15, 0.2) is 0 Å².